The number of carboxylic acid groups (broad SMARTS) is 1. The molecule has 0 saturated heterocycles. The van der Waals surface area contributed by atoms with Crippen molar-refractivity contribution in [2.24, 2.45) is 0 Å². The molecule has 5 heteroatoms. The SMILES string of the molecule is Cc1cccc(OCc2nc(C)c(C(=O)O)s2)c1. The van der Waals surface area contributed by atoms with Crippen molar-refractivity contribution in [2.45, 2.75) is 20.5 Å². The van der Waals surface area contributed by atoms with Crippen LogP contribution in [0.5, 0.6) is 5.75 Å². The Balaban J connectivity index is 2.06. The van der Waals surface area contributed by atoms with Crippen LogP contribution < -0.4 is 4.74 Å². The van der Waals surface area contributed by atoms with Crippen molar-refractivity contribution in [3.63, 3.8) is 0 Å². The second-order valence-electron chi connectivity index (χ2n) is 3.93. The molecule has 1 N–H and O–H groups in total. The van der Waals surface area contributed by atoms with E-state index in [1.54, 1.807) is 6.92 Å². The summed E-state index contributed by atoms with van der Waals surface area (Å²) in [6.07, 6.45) is 0. The third-order valence-electron chi connectivity index (χ3n) is 2.39. The highest BCUT2D eigenvalue weighted by Crippen LogP contribution is 2.20. The summed E-state index contributed by atoms with van der Waals surface area (Å²) in [6.45, 7) is 3.97. The molecule has 0 bridgehead atoms. The van der Waals surface area contributed by atoms with Gasteiger partial charge in [0.1, 0.15) is 22.2 Å². The van der Waals surface area contributed by atoms with Crippen LogP contribution in [0.1, 0.15) is 25.9 Å². The van der Waals surface area contributed by atoms with Gasteiger partial charge in [0.05, 0.1) is 5.69 Å². The van der Waals surface area contributed by atoms with Gasteiger partial charge < -0.3 is 9.84 Å². The first kappa shape index (κ1) is 12.6. The van der Waals surface area contributed by atoms with Gasteiger partial charge in [-0.1, -0.05) is 12.1 Å². The maximum atomic E-state index is 10.9. The molecule has 0 atom stereocenters. The summed E-state index contributed by atoms with van der Waals surface area (Å²) in [6, 6.07) is 7.70. The number of aromatic nitrogens is 1. The number of nitrogens with zero attached hydrogens (tertiary/aromatic N) is 1. The lowest BCUT2D eigenvalue weighted by Crippen LogP contribution is -1.95. The van der Waals surface area contributed by atoms with Crippen LogP contribution in [0, 0.1) is 13.8 Å². The summed E-state index contributed by atoms with van der Waals surface area (Å²) in [7, 11) is 0. The van der Waals surface area contributed by atoms with Gasteiger partial charge in [-0.05, 0) is 31.5 Å². The first-order valence-corrected chi connectivity index (χ1v) is 6.27. The average Bonchev–Trinajstić information content (AvgIpc) is 2.68. The molecule has 94 valence electrons. The van der Waals surface area contributed by atoms with Crippen molar-refractivity contribution < 1.29 is 14.6 Å². The molecule has 1 heterocycles. The van der Waals surface area contributed by atoms with E-state index in [0.717, 1.165) is 22.6 Å². The number of benzene rings is 1. The van der Waals surface area contributed by atoms with Gasteiger partial charge >= 0.3 is 5.97 Å². The van der Waals surface area contributed by atoms with E-state index in [9.17, 15) is 4.79 Å². The summed E-state index contributed by atoms with van der Waals surface area (Å²) in [4.78, 5) is 15.3. The van der Waals surface area contributed by atoms with Crippen LogP contribution in [-0.4, -0.2) is 16.1 Å². The van der Waals surface area contributed by atoms with E-state index in [1.807, 2.05) is 31.2 Å². The number of rotatable bonds is 4. The zero-order chi connectivity index (χ0) is 13.1. The largest absolute Gasteiger partial charge is 0.486 e. The van der Waals surface area contributed by atoms with Crippen molar-refractivity contribution in [3.8, 4) is 5.75 Å². The van der Waals surface area contributed by atoms with E-state index < -0.39 is 5.97 Å². The number of hydrogen-bond acceptors (Lipinski definition) is 4. The predicted molar refractivity (Wildman–Crippen MR) is 69.3 cm³/mol. The van der Waals surface area contributed by atoms with Crippen LogP contribution in [-0.2, 0) is 6.61 Å². The number of carbonyl (C=O) groups is 1. The van der Waals surface area contributed by atoms with E-state index in [-0.39, 0.29) is 4.88 Å². The van der Waals surface area contributed by atoms with E-state index in [4.69, 9.17) is 9.84 Å². The monoisotopic (exact) mass is 263 g/mol. The van der Waals surface area contributed by atoms with Gasteiger partial charge in [-0.15, -0.1) is 11.3 Å². The molecule has 1 aromatic heterocycles. The molecular formula is C13H13NO3S. The van der Waals surface area contributed by atoms with E-state index in [1.165, 1.54) is 0 Å². The van der Waals surface area contributed by atoms with Crippen LogP contribution in [0.2, 0.25) is 0 Å². The number of ether oxygens (including phenoxy) is 1. The summed E-state index contributed by atoms with van der Waals surface area (Å²) < 4.78 is 5.58. The molecule has 0 amide bonds. The molecule has 0 aliphatic carbocycles. The van der Waals surface area contributed by atoms with Gasteiger partial charge in [-0.3, -0.25) is 0 Å². The Morgan fingerprint density at radius 2 is 2.22 bits per heavy atom. The minimum Gasteiger partial charge on any atom is -0.486 e. The summed E-state index contributed by atoms with van der Waals surface area (Å²) in [5, 5.41) is 9.60. The van der Waals surface area contributed by atoms with E-state index in [2.05, 4.69) is 4.98 Å². The van der Waals surface area contributed by atoms with Gasteiger partial charge in [-0.2, -0.15) is 0 Å². The van der Waals surface area contributed by atoms with Gasteiger partial charge in [0.15, 0.2) is 0 Å². The van der Waals surface area contributed by atoms with Crippen molar-refractivity contribution in [3.05, 3.63) is 45.4 Å². The predicted octanol–water partition coefficient (Wildman–Crippen LogP) is 3.04. The summed E-state index contributed by atoms with van der Waals surface area (Å²) >= 11 is 1.16. The normalized spacial score (nSPS) is 10.3. The Hall–Kier alpha value is -1.88. The van der Waals surface area contributed by atoms with E-state index in [0.29, 0.717) is 17.3 Å². The lowest BCUT2D eigenvalue weighted by molar-refractivity contribution is 0.0701. The first-order chi connectivity index (χ1) is 8.56. The molecule has 0 spiro atoms. The van der Waals surface area contributed by atoms with Gasteiger partial charge in [-0.25, -0.2) is 9.78 Å². The molecule has 2 aromatic rings. The second-order valence-corrected chi connectivity index (χ2v) is 5.02. The molecule has 0 unspecified atom stereocenters. The van der Waals surface area contributed by atoms with Crippen LogP contribution in [0.3, 0.4) is 0 Å². The zero-order valence-corrected chi connectivity index (χ0v) is 11.0. The topological polar surface area (TPSA) is 59.4 Å². The molecule has 1 aromatic carbocycles. The Morgan fingerprint density at radius 1 is 1.44 bits per heavy atom. The van der Waals surface area contributed by atoms with Gasteiger partial charge in [0.25, 0.3) is 0 Å². The Bertz CT molecular complexity index is 577. The van der Waals surface area contributed by atoms with Crippen molar-refractivity contribution >= 4 is 17.3 Å². The zero-order valence-electron chi connectivity index (χ0n) is 10.1. The third-order valence-corrected chi connectivity index (χ3v) is 3.51. The lowest BCUT2D eigenvalue weighted by atomic mass is 10.2. The minimum atomic E-state index is -0.938. The van der Waals surface area contributed by atoms with Crippen molar-refractivity contribution in [2.75, 3.05) is 0 Å². The molecule has 0 fully saturated rings. The van der Waals surface area contributed by atoms with Crippen molar-refractivity contribution in [1.29, 1.82) is 0 Å². The van der Waals surface area contributed by atoms with E-state index >= 15 is 0 Å². The fourth-order valence-electron chi connectivity index (χ4n) is 1.56. The number of carboxylic acids is 1. The van der Waals surface area contributed by atoms with Crippen LogP contribution >= 0.6 is 11.3 Å². The molecule has 0 radical (unpaired) electrons. The Labute approximate surface area is 109 Å². The Morgan fingerprint density at radius 3 is 2.83 bits per heavy atom. The molecule has 4 nitrogen and oxygen atoms in total. The fourth-order valence-corrected chi connectivity index (χ4v) is 2.38. The van der Waals surface area contributed by atoms with Gasteiger partial charge in [0, 0.05) is 0 Å². The van der Waals surface area contributed by atoms with Crippen LogP contribution in [0.25, 0.3) is 0 Å². The minimum absolute atomic E-state index is 0.276. The number of hydrogen-bond donors (Lipinski definition) is 1. The highest BCUT2D eigenvalue weighted by atomic mass is 32.1. The summed E-state index contributed by atoms with van der Waals surface area (Å²) in [5.74, 6) is -0.175. The molecule has 0 aliphatic heterocycles. The molecule has 0 saturated carbocycles. The lowest BCUT2D eigenvalue weighted by Gasteiger charge is -2.04. The smallest absolute Gasteiger partial charge is 0.347 e. The van der Waals surface area contributed by atoms with Crippen LogP contribution in [0.15, 0.2) is 24.3 Å². The number of thiazole rings is 1. The third kappa shape index (κ3) is 2.87. The van der Waals surface area contributed by atoms with Crippen molar-refractivity contribution in [1.82, 2.24) is 4.98 Å². The first-order valence-electron chi connectivity index (χ1n) is 5.45. The highest BCUT2D eigenvalue weighted by molar-refractivity contribution is 7.13. The van der Waals surface area contributed by atoms with Gasteiger partial charge in [0.2, 0.25) is 0 Å². The average molecular weight is 263 g/mol. The number of aromatic carboxylic acids is 1. The molecular weight excluding hydrogens is 250 g/mol. The maximum Gasteiger partial charge on any atom is 0.347 e. The molecule has 18 heavy (non-hydrogen) atoms. The second kappa shape index (κ2) is 5.18. The molecule has 2 rings (SSSR count). The highest BCUT2D eigenvalue weighted by Gasteiger charge is 2.14. The van der Waals surface area contributed by atoms with Crippen LogP contribution in [0.4, 0.5) is 0 Å². The fraction of sp³-hybridized carbons (Fsp3) is 0.231. The number of aryl methyl sites for hydroxylation is 2. The summed E-state index contributed by atoms with van der Waals surface area (Å²) in [5.41, 5.74) is 1.66. The quantitative estimate of drug-likeness (QED) is 0.921. The molecule has 0 aliphatic rings. The Kier molecular flexibility index (Phi) is 3.62. The maximum absolute atomic E-state index is 10.9. The standard InChI is InChI=1S/C13H13NO3S/c1-8-4-3-5-10(6-8)17-7-11-14-9(2)12(18-11)13(15)16/h3-6H,7H2,1-2H3,(H,15,16).